The number of benzene rings is 1. The molecule has 3 heterocycles. The van der Waals surface area contributed by atoms with Gasteiger partial charge in [-0.25, -0.2) is 0 Å². The lowest BCUT2D eigenvalue weighted by molar-refractivity contribution is -0.126. The minimum atomic E-state index is -0.0994. The molecule has 0 unspecified atom stereocenters. The van der Waals surface area contributed by atoms with Crippen molar-refractivity contribution in [3.8, 4) is 11.5 Å². The zero-order valence-corrected chi connectivity index (χ0v) is 16.3. The highest BCUT2D eigenvalue weighted by molar-refractivity contribution is 7.09. The van der Waals surface area contributed by atoms with E-state index >= 15 is 0 Å². The first-order chi connectivity index (χ1) is 13.2. The Morgan fingerprint density at radius 1 is 1.19 bits per heavy atom. The maximum Gasteiger partial charge on any atom is 0.237 e. The highest BCUT2D eigenvalue weighted by atomic mass is 32.1. The molecule has 0 saturated carbocycles. The summed E-state index contributed by atoms with van der Waals surface area (Å²) in [5, 5.41) is 5.08. The van der Waals surface area contributed by atoms with E-state index in [0.29, 0.717) is 13.3 Å². The maximum absolute atomic E-state index is 12.4. The first-order valence-electron chi connectivity index (χ1n) is 9.34. The molecule has 1 saturated heterocycles. The van der Waals surface area contributed by atoms with E-state index in [0.717, 1.165) is 44.2 Å². The van der Waals surface area contributed by atoms with Crippen LogP contribution in [0.4, 0.5) is 0 Å². The van der Waals surface area contributed by atoms with Gasteiger partial charge >= 0.3 is 0 Å². The number of carbonyl (C=O) groups is 1. The van der Waals surface area contributed by atoms with Gasteiger partial charge in [0, 0.05) is 37.6 Å². The number of carbonyl (C=O) groups excluding carboxylic acids is 1. The number of thiophene rings is 1. The fourth-order valence-corrected chi connectivity index (χ4v) is 4.15. The number of nitrogens with zero attached hydrogens (tertiary/aromatic N) is 2. The molecule has 6 nitrogen and oxygen atoms in total. The summed E-state index contributed by atoms with van der Waals surface area (Å²) < 4.78 is 10.8. The van der Waals surface area contributed by atoms with E-state index in [4.69, 9.17) is 9.47 Å². The molecule has 27 heavy (non-hydrogen) atoms. The molecule has 4 rings (SSSR count). The van der Waals surface area contributed by atoms with Gasteiger partial charge in [-0.05, 0) is 36.1 Å². The van der Waals surface area contributed by atoms with E-state index in [9.17, 15) is 4.79 Å². The number of fused-ring (bicyclic) bond motifs is 1. The van der Waals surface area contributed by atoms with Crippen molar-refractivity contribution in [3.63, 3.8) is 0 Å². The molecule has 1 fully saturated rings. The Hall–Kier alpha value is -2.09. The van der Waals surface area contributed by atoms with Crippen molar-refractivity contribution in [1.29, 1.82) is 0 Å². The van der Waals surface area contributed by atoms with Gasteiger partial charge in [-0.2, -0.15) is 0 Å². The van der Waals surface area contributed by atoms with Crippen molar-refractivity contribution < 1.29 is 14.3 Å². The SMILES string of the molecule is C[C@@H](C(=O)NCc1cccs1)N1CCN(Cc2ccc3c(c2)OCO3)CC1. The van der Waals surface area contributed by atoms with Gasteiger partial charge in [0.25, 0.3) is 0 Å². The molecule has 2 aliphatic rings. The zero-order valence-electron chi connectivity index (χ0n) is 15.5. The Bertz CT molecular complexity index is 773. The molecule has 0 aliphatic carbocycles. The summed E-state index contributed by atoms with van der Waals surface area (Å²) in [6.07, 6.45) is 0. The van der Waals surface area contributed by atoms with Gasteiger partial charge in [-0.3, -0.25) is 14.6 Å². The second kappa shape index (κ2) is 8.29. The highest BCUT2D eigenvalue weighted by Gasteiger charge is 2.25. The molecule has 1 amide bonds. The van der Waals surface area contributed by atoms with E-state index in [1.165, 1.54) is 10.4 Å². The van der Waals surface area contributed by atoms with E-state index in [-0.39, 0.29) is 11.9 Å². The Morgan fingerprint density at radius 2 is 2.00 bits per heavy atom. The number of hydrogen-bond donors (Lipinski definition) is 1. The lowest BCUT2D eigenvalue weighted by Crippen LogP contribution is -2.53. The molecule has 2 aromatic rings. The lowest BCUT2D eigenvalue weighted by atomic mass is 10.1. The molecule has 1 atom stereocenters. The number of nitrogens with one attached hydrogen (secondary N) is 1. The fraction of sp³-hybridized carbons (Fsp3) is 0.450. The van der Waals surface area contributed by atoms with E-state index in [1.54, 1.807) is 11.3 Å². The largest absolute Gasteiger partial charge is 0.454 e. The normalized spacial score (nSPS) is 18.4. The summed E-state index contributed by atoms with van der Waals surface area (Å²) in [6, 6.07) is 10.1. The van der Waals surface area contributed by atoms with Crippen molar-refractivity contribution >= 4 is 17.2 Å². The maximum atomic E-state index is 12.4. The molecule has 0 bridgehead atoms. The molecule has 1 aromatic heterocycles. The lowest BCUT2D eigenvalue weighted by Gasteiger charge is -2.37. The second-order valence-corrected chi connectivity index (χ2v) is 8.01. The molecule has 1 N–H and O–H groups in total. The third-order valence-corrected chi connectivity index (χ3v) is 6.07. The Balaban J connectivity index is 1.24. The van der Waals surface area contributed by atoms with Crippen molar-refractivity contribution in [1.82, 2.24) is 15.1 Å². The van der Waals surface area contributed by atoms with Crippen LogP contribution in [0.1, 0.15) is 17.4 Å². The van der Waals surface area contributed by atoms with Crippen LogP contribution in [0, 0.1) is 0 Å². The van der Waals surface area contributed by atoms with Crippen molar-refractivity contribution in [3.05, 3.63) is 46.2 Å². The summed E-state index contributed by atoms with van der Waals surface area (Å²) in [5.74, 6) is 1.76. The summed E-state index contributed by atoms with van der Waals surface area (Å²) in [7, 11) is 0. The molecular weight excluding hydrogens is 362 g/mol. The van der Waals surface area contributed by atoms with Crippen LogP contribution in [0.25, 0.3) is 0 Å². The van der Waals surface area contributed by atoms with Crippen LogP contribution in [0.15, 0.2) is 35.7 Å². The summed E-state index contributed by atoms with van der Waals surface area (Å²) >= 11 is 1.67. The van der Waals surface area contributed by atoms with Gasteiger partial charge in [0.05, 0.1) is 12.6 Å². The summed E-state index contributed by atoms with van der Waals surface area (Å²) in [5.41, 5.74) is 1.23. The van der Waals surface area contributed by atoms with Crippen LogP contribution in [0.3, 0.4) is 0 Å². The van der Waals surface area contributed by atoms with Crippen LogP contribution in [-0.4, -0.2) is 54.7 Å². The van der Waals surface area contributed by atoms with E-state index in [2.05, 4.69) is 27.2 Å². The van der Waals surface area contributed by atoms with Crippen LogP contribution in [0.2, 0.25) is 0 Å². The zero-order chi connectivity index (χ0) is 18.6. The molecule has 0 spiro atoms. The van der Waals surface area contributed by atoms with Gasteiger partial charge in [0.1, 0.15) is 0 Å². The van der Waals surface area contributed by atoms with Gasteiger partial charge < -0.3 is 14.8 Å². The van der Waals surface area contributed by atoms with Crippen LogP contribution in [0.5, 0.6) is 11.5 Å². The molecule has 0 radical (unpaired) electrons. The smallest absolute Gasteiger partial charge is 0.237 e. The first kappa shape index (κ1) is 18.3. The average Bonchev–Trinajstić information content (AvgIpc) is 3.37. The fourth-order valence-electron chi connectivity index (χ4n) is 3.51. The first-order valence-corrected chi connectivity index (χ1v) is 10.2. The number of ether oxygens (including phenoxy) is 2. The molecule has 7 heteroatoms. The molecule has 2 aliphatic heterocycles. The monoisotopic (exact) mass is 387 g/mol. The van der Waals surface area contributed by atoms with E-state index in [1.807, 2.05) is 30.5 Å². The minimum absolute atomic E-state index is 0.0994. The number of rotatable bonds is 6. The summed E-state index contributed by atoms with van der Waals surface area (Å²) in [4.78, 5) is 18.3. The predicted molar refractivity (Wildman–Crippen MR) is 105 cm³/mol. The van der Waals surface area contributed by atoms with Gasteiger partial charge in [-0.15, -0.1) is 11.3 Å². The van der Waals surface area contributed by atoms with Gasteiger partial charge in [0.2, 0.25) is 12.7 Å². The Morgan fingerprint density at radius 3 is 2.78 bits per heavy atom. The molecule has 144 valence electrons. The predicted octanol–water partition coefficient (Wildman–Crippen LogP) is 2.30. The summed E-state index contributed by atoms with van der Waals surface area (Å²) in [6.45, 7) is 7.53. The topological polar surface area (TPSA) is 54.0 Å². The number of piperazine rings is 1. The highest BCUT2D eigenvalue weighted by Crippen LogP contribution is 2.32. The van der Waals surface area contributed by atoms with Crippen molar-refractivity contribution in [2.24, 2.45) is 0 Å². The van der Waals surface area contributed by atoms with Crippen molar-refractivity contribution in [2.75, 3.05) is 33.0 Å². The quantitative estimate of drug-likeness (QED) is 0.824. The second-order valence-electron chi connectivity index (χ2n) is 6.97. The van der Waals surface area contributed by atoms with Crippen LogP contribution < -0.4 is 14.8 Å². The third-order valence-electron chi connectivity index (χ3n) is 5.19. The Labute approximate surface area is 163 Å². The van der Waals surface area contributed by atoms with Gasteiger partial charge in [0.15, 0.2) is 11.5 Å². The molecule has 1 aromatic carbocycles. The third kappa shape index (κ3) is 4.43. The average molecular weight is 388 g/mol. The minimum Gasteiger partial charge on any atom is -0.454 e. The number of amides is 1. The van der Waals surface area contributed by atoms with E-state index < -0.39 is 0 Å². The van der Waals surface area contributed by atoms with Gasteiger partial charge in [-0.1, -0.05) is 12.1 Å². The standard InChI is InChI=1S/C20H25N3O3S/c1-15(20(24)21-12-17-3-2-10-27-17)23-8-6-22(7-9-23)13-16-4-5-18-19(11-16)26-14-25-18/h2-5,10-11,15H,6-9,12-14H2,1H3,(H,21,24)/t15-/m0/s1. The molecular formula is C20H25N3O3S. The Kier molecular flexibility index (Phi) is 5.61. The van der Waals surface area contributed by atoms with Crippen molar-refractivity contribution in [2.45, 2.75) is 26.1 Å². The van der Waals surface area contributed by atoms with Crippen LogP contribution >= 0.6 is 11.3 Å². The van der Waals surface area contributed by atoms with Crippen LogP contribution in [-0.2, 0) is 17.9 Å². The number of hydrogen-bond acceptors (Lipinski definition) is 6.